The van der Waals surface area contributed by atoms with Crippen molar-refractivity contribution in [3.8, 4) is 11.3 Å². The van der Waals surface area contributed by atoms with Gasteiger partial charge in [-0.1, -0.05) is 48.8 Å². The average Bonchev–Trinajstić information content (AvgIpc) is 3.15. The molecule has 2 amide bonds. The number of amides is 2. The number of rotatable bonds is 6. The van der Waals surface area contributed by atoms with Crippen molar-refractivity contribution in [2.45, 2.75) is 46.5 Å². The quantitative estimate of drug-likeness (QED) is 0.722. The number of aryl methyl sites for hydroxylation is 1. The number of hydrogen-bond acceptors (Lipinski definition) is 4. The molecule has 0 saturated carbocycles. The molecule has 0 unspecified atom stereocenters. The van der Waals surface area contributed by atoms with Crippen LogP contribution in [0.2, 0.25) is 0 Å². The number of likely N-dealkylation sites (tertiary alicyclic amines) is 1. The van der Waals surface area contributed by atoms with Crippen molar-refractivity contribution in [3.63, 3.8) is 0 Å². The first-order valence-electron chi connectivity index (χ1n) is 10.7. The van der Waals surface area contributed by atoms with Gasteiger partial charge in [0.05, 0.1) is 5.41 Å². The molecular formula is C24H33N3O3. The Morgan fingerprint density at radius 3 is 2.57 bits per heavy atom. The lowest BCUT2D eigenvalue weighted by Crippen LogP contribution is -2.54. The topological polar surface area (TPSA) is 66.7 Å². The molecule has 0 bridgehead atoms. The second kappa shape index (κ2) is 9.02. The monoisotopic (exact) mass is 411 g/mol. The van der Waals surface area contributed by atoms with Crippen molar-refractivity contribution < 1.29 is 14.1 Å². The predicted octanol–water partition coefficient (Wildman–Crippen LogP) is 3.94. The van der Waals surface area contributed by atoms with Gasteiger partial charge in [0.1, 0.15) is 11.5 Å². The third kappa shape index (κ3) is 4.91. The smallest absolute Gasteiger partial charge is 0.230 e. The number of aromatic nitrogens is 1. The van der Waals surface area contributed by atoms with Crippen molar-refractivity contribution >= 4 is 11.8 Å². The maximum atomic E-state index is 13.3. The van der Waals surface area contributed by atoms with Crippen LogP contribution < -0.4 is 0 Å². The third-order valence-electron chi connectivity index (χ3n) is 5.79. The number of benzene rings is 1. The number of nitrogens with zero attached hydrogens (tertiary/aromatic N) is 3. The minimum Gasteiger partial charge on any atom is -0.361 e. The maximum absolute atomic E-state index is 13.3. The summed E-state index contributed by atoms with van der Waals surface area (Å²) in [5.74, 6) is 1.14. The minimum absolute atomic E-state index is 0.0397. The van der Waals surface area contributed by atoms with Gasteiger partial charge in [0, 0.05) is 51.7 Å². The Bertz CT molecular complexity index is 885. The van der Waals surface area contributed by atoms with Crippen LogP contribution in [0.3, 0.4) is 0 Å². The van der Waals surface area contributed by atoms with Gasteiger partial charge in [-0.2, -0.15) is 0 Å². The lowest BCUT2D eigenvalue weighted by atomic mass is 9.75. The summed E-state index contributed by atoms with van der Waals surface area (Å²) in [5.41, 5.74) is 2.26. The van der Waals surface area contributed by atoms with Gasteiger partial charge in [-0.3, -0.25) is 9.59 Å². The zero-order valence-corrected chi connectivity index (χ0v) is 18.8. The molecule has 0 aliphatic carbocycles. The van der Waals surface area contributed by atoms with Gasteiger partial charge >= 0.3 is 0 Å². The first kappa shape index (κ1) is 22.1. The van der Waals surface area contributed by atoms with E-state index in [1.54, 1.807) is 19.0 Å². The molecule has 2 aromatic rings. The fourth-order valence-electron chi connectivity index (χ4n) is 4.28. The zero-order chi connectivity index (χ0) is 21.9. The molecule has 3 rings (SSSR count). The highest BCUT2D eigenvalue weighted by Gasteiger charge is 2.45. The highest BCUT2D eigenvalue weighted by Crippen LogP contribution is 2.36. The molecule has 6 nitrogen and oxygen atoms in total. The molecule has 0 N–H and O–H groups in total. The van der Waals surface area contributed by atoms with E-state index in [1.165, 1.54) is 5.56 Å². The SMILES string of the molecule is Cc1ccc(-c2cc(C[C@]3(C(=O)N(C)C)CCCN(C(=O)CC(C)C)C3)on2)cc1. The molecule has 162 valence electrons. The Hall–Kier alpha value is -2.63. The minimum atomic E-state index is -0.682. The van der Waals surface area contributed by atoms with Gasteiger partial charge in [0.25, 0.3) is 0 Å². The highest BCUT2D eigenvalue weighted by molar-refractivity contribution is 5.84. The Morgan fingerprint density at radius 1 is 1.23 bits per heavy atom. The van der Waals surface area contributed by atoms with Crippen molar-refractivity contribution in [2.75, 3.05) is 27.2 Å². The van der Waals surface area contributed by atoms with Crippen LogP contribution in [0.15, 0.2) is 34.9 Å². The van der Waals surface area contributed by atoms with Crippen LogP contribution in [0.25, 0.3) is 11.3 Å². The number of hydrogen-bond donors (Lipinski definition) is 0. The van der Waals surface area contributed by atoms with Crippen molar-refractivity contribution in [1.82, 2.24) is 15.0 Å². The van der Waals surface area contributed by atoms with Crippen molar-refractivity contribution in [1.29, 1.82) is 0 Å². The molecule has 0 spiro atoms. The number of carbonyl (C=O) groups excluding carboxylic acids is 2. The van der Waals surface area contributed by atoms with E-state index in [0.717, 1.165) is 24.1 Å². The molecule has 1 fully saturated rings. The third-order valence-corrected chi connectivity index (χ3v) is 5.79. The van der Waals surface area contributed by atoms with Crippen LogP contribution in [0.1, 0.15) is 44.4 Å². The Labute approximate surface area is 179 Å². The van der Waals surface area contributed by atoms with E-state index in [4.69, 9.17) is 4.52 Å². The first-order chi connectivity index (χ1) is 14.2. The summed E-state index contributed by atoms with van der Waals surface area (Å²) in [4.78, 5) is 29.5. The number of piperidine rings is 1. The van der Waals surface area contributed by atoms with Gasteiger partial charge in [-0.05, 0) is 25.7 Å². The maximum Gasteiger partial charge on any atom is 0.230 e. The van der Waals surface area contributed by atoms with Crippen LogP contribution in [-0.2, 0) is 16.0 Å². The summed E-state index contributed by atoms with van der Waals surface area (Å²) >= 11 is 0. The fraction of sp³-hybridized carbons (Fsp3) is 0.542. The van der Waals surface area contributed by atoms with Gasteiger partial charge in [-0.15, -0.1) is 0 Å². The molecule has 0 radical (unpaired) electrons. The first-order valence-corrected chi connectivity index (χ1v) is 10.7. The fourth-order valence-corrected chi connectivity index (χ4v) is 4.28. The van der Waals surface area contributed by atoms with Crippen LogP contribution in [0.4, 0.5) is 0 Å². The molecule has 6 heteroatoms. The van der Waals surface area contributed by atoms with Crippen LogP contribution in [-0.4, -0.2) is 54.0 Å². The molecular weight excluding hydrogens is 378 g/mol. The Kier molecular flexibility index (Phi) is 6.64. The van der Waals surface area contributed by atoms with E-state index in [1.807, 2.05) is 56.0 Å². The average molecular weight is 412 g/mol. The Morgan fingerprint density at radius 2 is 1.93 bits per heavy atom. The molecule has 1 atom stereocenters. The summed E-state index contributed by atoms with van der Waals surface area (Å²) in [5, 5.41) is 4.23. The lowest BCUT2D eigenvalue weighted by Gasteiger charge is -2.42. The molecule has 1 aromatic carbocycles. The highest BCUT2D eigenvalue weighted by atomic mass is 16.5. The van der Waals surface area contributed by atoms with Gasteiger partial charge in [0.15, 0.2) is 0 Å². The molecule has 1 aromatic heterocycles. The van der Waals surface area contributed by atoms with E-state index in [0.29, 0.717) is 37.6 Å². The largest absolute Gasteiger partial charge is 0.361 e. The molecule has 2 heterocycles. The second-order valence-electron chi connectivity index (χ2n) is 9.22. The summed E-state index contributed by atoms with van der Waals surface area (Å²) in [7, 11) is 3.55. The summed E-state index contributed by atoms with van der Waals surface area (Å²) in [6.45, 7) is 7.27. The van der Waals surface area contributed by atoms with E-state index in [9.17, 15) is 9.59 Å². The van der Waals surface area contributed by atoms with Crippen LogP contribution in [0.5, 0.6) is 0 Å². The number of carbonyl (C=O) groups is 2. The van der Waals surface area contributed by atoms with Crippen molar-refractivity contribution in [3.05, 3.63) is 41.7 Å². The van der Waals surface area contributed by atoms with E-state index in [-0.39, 0.29) is 11.8 Å². The van der Waals surface area contributed by atoms with Crippen molar-refractivity contribution in [2.24, 2.45) is 11.3 Å². The zero-order valence-electron chi connectivity index (χ0n) is 18.8. The van der Waals surface area contributed by atoms with Crippen LogP contribution in [0, 0.1) is 18.3 Å². The standard InChI is InChI=1S/C24H33N3O3/c1-17(2)13-22(28)27-12-6-11-24(16-27,23(29)26(4)5)15-20-14-21(25-30-20)19-9-7-18(3)8-10-19/h7-10,14,17H,6,11-13,15-16H2,1-5H3/t24-/m1/s1. The van der Waals surface area contributed by atoms with Crippen LogP contribution >= 0.6 is 0 Å². The molecule has 1 saturated heterocycles. The summed E-state index contributed by atoms with van der Waals surface area (Å²) < 4.78 is 5.64. The van der Waals surface area contributed by atoms with E-state index >= 15 is 0 Å². The van der Waals surface area contributed by atoms with Gasteiger partial charge in [-0.25, -0.2) is 0 Å². The Balaban J connectivity index is 1.85. The van der Waals surface area contributed by atoms with Gasteiger partial charge in [0.2, 0.25) is 11.8 Å². The van der Waals surface area contributed by atoms with Gasteiger partial charge < -0.3 is 14.3 Å². The normalized spacial score (nSPS) is 19.2. The molecule has 1 aliphatic rings. The predicted molar refractivity (Wildman–Crippen MR) is 117 cm³/mol. The summed E-state index contributed by atoms with van der Waals surface area (Å²) in [6, 6.07) is 10.0. The molecule has 1 aliphatic heterocycles. The lowest BCUT2D eigenvalue weighted by molar-refractivity contribution is -0.147. The molecule has 30 heavy (non-hydrogen) atoms. The summed E-state index contributed by atoms with van der Waals surface area (Å²) in [6.07, 6.45) is 2.48. The van der Waals surface area contributed by atoms with E-state index < -0.39 is 5.41 Å². The van der Waals surface area contributed by atoms with E-state index in [2.05, 4.69) is 5.16 Å². The second-order valence-corrected chi connectivity index (χ2v) is 9.22.